The van der Waals surface area contributed by atoms with E-state index < -0.39 is 5.97 Å². The molecule has 0 fully saturated rings. The van der Waals surface area contributed by atoms with Gasteiger partial charge in [0.1, 0.15) is 0 Å². The highest BCUT2D eigenvalue weighted by molar-refractivity contribution is 7.98. The summed E-state index contributed by atoms with van der Waals surface area (Å²) < 4.78 is 10.5. The molecule has 2 aromatic carbocycles. The number of hydrogen-bond donors (Lipinski definition) is 0. The molecule has 1 aromatic heterocycles. The number of aryl methyl sites for hydroxylation is 1. The predicted molar refractivity (Wildman–Crippen MR) is 126 cm³/mol. The van der Waals surface area contributed by atoms with Crippen LogP contribution in [-0.4, -0.2) is 35.5 Å². The molecule has 0 saturated carbocycles. The van der Waals surface area contributed by atoms with Gasteiger partial charge in [0.15, 0.2) is 18.2 Å². The molecule has 7 nitrogen and oxygen atoms in total. The van der Waals surface area contributed by atoms with Crippen molar-refractivity contribution in [1.29, 1.82) is 0 Å². The SMILES string of the molecule is Cc1noc(CSc2ccccc2C(=O)OCC(=O)/C=C2\N(C)c3ccccc3C2(C)C)n1. The van der Waals surface area contributed by atoms with Gasteiger partial charge in [0.25, 0.3) is 0 Å². The van der Waals surface area contributed by atoms with Crippen molar-refractivity contribution in [2.45, 2.75) is 36.8 Å². The van der Waals surface area contributed by atoms with E-state index in [0.717, 1.165) is 21.8 Å². The number of benzene rings is 2. The molecule has 2 heterocycles. The minimum absolute atomic E-state index is 0.266. The number of esters is 1. The van der Waals surface area contributed by atoms with Crippen LogP contribution >= 0.6 is 11.8 Å². The number of thioether (sulfide) groups is 1. The summed E-state index contributed by atoms with van der Waals surface area (Å²) in [6.07, 6.45) is 1.58. The van der Waals surface area contributed by atoms with Crippen LogP contribution < -0.4 is 4.90 Å². The van der Waals surface area contributed by atoms with Crippen LogP contribution in [-0.2, 0) is 20.7 Å². The Balaban J connectivity index is 1.42. The third-order valence-corrected chi connectivity index (χ3v) is 6.67. The molecule has 170 valence electrons. The van der Waals surface area contributed by atoms with E-state index in [1.807, 2.05) is 42.3 Å². The van der Waals surface area contributed by atoms with Gasteiger partial charge in [0.05, 0.1) is 11.3 Å². The van der Waals surface area contributed by atoms with Gasteiger partial charge in [-0.15, -0.1) is 11.8 Å². The number of fused-ring (bicyclic) bond motifs is 1. The van der Waals surface area contributed by atoms with Crippen molar-refractivity contribution in [3.05, 3.63) is 83.1 Å². The number of nitrogens with zero attached hydrogens (tertiary/aromatic N) is 3. The van der Waals surface area contributed by atoms with Crippen LogP contribution in [0.3, 0.4) is 0 Å². The fraction of sp³-hybridized carbons (Fsp3) is 0.280. The highest BCUT2D eigenvalue weighted by Gasteiger charge is 2.38. The Bertz CT molecular complexity index is 1230. The quantitative estimate of drug-likeness (QED) is 0.283. The molecular formula is C25H25N3O4S. The second kappa shape index (κ2) is 9.23. The molecule has 0 bridgehead atoms. The molecule has 1 aliphatic rings. The van der Waals surface area contributed by atoms with Gasteiger partial charge in [-0.2, -0.15) is 4.98 Å². The Kier molecular flexibility index (Phi) is 6.37. The van der Waals surface area contributed by atoms with Gasteiger partial charge in [-0.1, -0.05) is 49.3 Å². The standard InChI is InChI=1S/C25H25N3O4S/c1-16-26-23(32-27-16)15-33-21-12-8-5-9-18(21)24(30)31-14-17(29)13-22-25(2,3)19-10-6-7-11-20(19)28(22)4/h5-13H,14-15H2,1-4H3/b22-13-. The van der Waals surface area contributed by atoms with Crippen LogP contribution in [0.15, 0.2) is 69.7 Å². The lowest BCUT2D eigenvalue weighted by Gasteiger charge is -2.23. The number of hydrogen-bond acceptors (Lipinski definition) is 8. The Labute approximate surface area is 196 Å². The lowest BCUT2D eigenvalue weighted by Crippen LogP contribution is -2.25. The number of carbonyl (C=O) groups excluding carboxylic acids is 2. The second-order valence-electron chi connectivity index (χ2n) is 8.29. The maximum atomic E-state index is 12.7. The van der Waals surface area contributed by atoms with Gasteiger partial charge in [0.2, 0.25) is 5.89 Å². The molecule has 0 atom stereocenters. The molecule has 4 rings (SSSR count). The van der Waals surface area contributed by atoms with Crippen molar-refractivity contribution in [3.63, 3.8) is 0 Å². The second-order valence-corrected chi connectivity index (χ2v) is 9.31. The molecule has 0 saturated heterocycles. The third-order valence-electron chi connectivity index (χ3n) is 5.61. The van der Waals surface area contributed by atoms with Crippen molar-refractivity contribution in [2.24, 2.45) is 0 Å². The summed E-state index contributed by atoms with van der Waals surface area (Å²) in [5.74, 6) is 0.654. The lowest BCUT2D eigenvalue weighted by molar-refractivity contribution is -0.117. The first kappa shape index (κ1) is 22.8. The largest absolute Gasteiger partial charge is 0.454 e. The maximum Gasteiger partial charge on any atom is 0.339 e. The van der Waals surface area contributed by atoms with Gasteiger partial charge in [-0.25, -0.2) is 4.79 Å². The maximum absolute atomic E-state index is 12.7. The topological polar surface area (TPSA) is 85.5 Å². The van der Waals surface area contributed by atoms with Gasteiger partial charge in [0, 0.05) is 34.8 Å². The zero-order valence-electron chi connectivity index (χ0n) is 19.0. The van der Waals surface area contributed by atoms with Gasteiger partial charge >= 0.3 is 5.97 Å². The van der Waals surface area contributed by atoms with E-state index in [-0.39, 0.29) is 17.8 Å². The number of likely N-dealkylation sites (N-methyl/N-ethyl adjacent to an activating group) is 1. The van der Waals surface area contributed by atoms with E-state index in [1.54, 1.807) is 25.1 Å². The van der Waals surface area contributed by atoms with Gasteiger partial charge in [-0.05, 0) is 30.7 Å². The summed E-state index contributed by atoms with van der Waals surface area (Å²) >= 11 is 1.39. The van der Waals surface area contributed by atoms with Crippen LogP contribution in [0.2, 0.25) is 0 Å². The van der Waals surface area contributed by atoms with Gasteiger partial charge < -0.3 is 14.2 Å². The first-order chi connectivity index (χ1) is 15.8. The van der Waals surface area contributed by atoms with E-state index in [1.165, 1.54) is 11.8 Å². The van der Waals surface area contributed by atoms with Crippen molar-refractivity contribution in [3.8, 4) is 0 Å². The fourth-order valence-electron chi connectivity index (χ4n) is 3.97. The summed E-state index contributed by atoms with van der Waals surface area (Å²) in [4.78, 5) is 32.3. The van der Waals surface area contributed by atoms with Crippen molar-refractivity contribution >= 4 is 29.2 Å². The Hall–Kier alpha value is -3.39. The number of allylic oxidation sites excluding steroid dienone is 1. The molecule has 33 heavy (non-hydrogen) atoms. The average molecular weight is 464 g/mol. The molecular weight excluding hydrogens is 438 g/mol. The zero-order chi connectivity index (χ0) is 23.6. The smallest absolute Gasteiger partial charge is 0.339 e. The molecule has 0 spiro atoms. The van der Waals surface area contributed by atoms with E-state index in [4.69, 9.17) is 9.26 Å². The number of aromatic nitrogens is 2. The molecule has 3 aromatic rings. The number of rotatable bonds is 7. The zero-order valence-corrected chi connectivity index (χ0v) is 19.8. The highest BCUT2D eigenvalue weighted by Crippen LogP contribution is 2.46. The number of para-hydroxylation sites is 1. The lowest BCUT2D eigenvalue weighted by atomic mass is 9.83. The van der Waals surface area contributed by atoms with E-state index in [9.17, 15) is 9.59 Å². The fourth-order valence-corrected chi connectivity index (χ4v) is 4.84. The third kappa shape index (κ3) is 4.71. The minimum atomic E-state index is -0.547. The molecule has 8 heteroatoms. The van der Waals surface area contributed by atoms with Crippen LogP contribution in [0.5, 0.6) is 0 Å². The first-order valence-corrected chi connectivity index (χ1v) is 11.5. The van der Waals surface area contributed by atoms with Crippen molar-refractivity contribution in [1.82, 2.24) is 10.1 Å². The summed E-state index contributed by atoms with van der Waals surface area (Å²) in [6.45, 7) is 5.58. The van der Waals surface area contributed by atoms with E-state index in [0.29, 0.717) is 23.0 Å². The van der Waals surface area contributed by atoms with Crippen LogP contribution in [0.4, 0.5) is 5.69 Å². The first-order valence-electron chi connectivity index (χ1n) is 10.5. The molecule has 0 N–H and O–H groups in total. The normalized spacial score (nSPS) is 15.5. The number of anilines is 1. The Morgan fingerprint density at radius 3 is 2.61 bits per heavy atom. The van der Waals surface area contributed by atoms with Crippen LogP contribution in [0.25, 0.3) is 0 Å². The van der Waals surface area contributed by atoms with E-state index in [2.05, 4.69) is 30.1 Å². The van der Waals surface area contributed by atoms with Gasteiger partial charge in [-0.3, -0.25) is 4.79 Å². The summed E-state index contributed by atoms with van der Waals surface area (Å²) in [5.41, 5.74) is 3.17. The molecule has 0 radical (unpaired) electrons. The Morgan fingerprint density at radius 1 is 1.15 bits per heavy atom. The molecule has 0 unspecified atom stereocenters. The minimum Gasteiger partial charge on any atom is -0.454 e. The van der Waals surface area contributed by atoms with Crippen molar-refractivity contribution in [2.75, 3.05) is 18.6 Å². The molecule has 1 aliphatic heterocycles. The summed E-state index contributed by atoms with van der Waals surface area (Å²) in [7, 11) is 1.94. The van der Waals surface area contributed by atoms with Crippen molar-refractivity contribution < 1.29 is 18.8 Å². The summed E-state index contributed by atoms with van der Waals surface area (Å²) in [6, 6.07) is 15.2. The highest BCUT2D eigenvalue weighted by atomic mass is 32.2. The molecule has 0 aliphatic carbocycles. The monoisotopic (exact) mass is 463 g/mol. The van der Waals surface area contributed by atoms with Crippen LogP contribution in [0.1, 0.15) is 41.5 Å². The summed E-state index contributed by atoms with van der Waals surface area (Å²) in [5, 5.41) is 3.77. The van der Waals surface area contributed by atoms with Crippen LogP contribution in [0, 0.1) is 6.92 Å². The number of ether oxygens (including phenoxy) is 1. The predicted octanol–water partition coefficient (Wildman–Crippen LogP) is 4.71. The average Bonchev–Trinajstić information content (AvgIpc) is 3.31. The molecule has 0 amide bonds. The number of carbonyl (C=O) groups is 2. The number of ketones is 1. The Morgan fingerprint density at radius 2 is 1.88 bits per heavy atom. The van der Waals surface area contributed by atoms with E-state index >= 15 is 0 Å².